The van der Waals surface area contributed by atoms with Crippen molar-refractivity contribution in [3.63, 3.8) is 0 Å². The summed E-state index contributed by atoms with van der Waals surface area (Å²) >= 11 is 3.34. The summed E-state index contributed by atoms with van der Waals surface area (Å²) < 4.78 is 8.59. The minimum Gasteiger partial charge on any atom is -0.484 e. The molecule has 0 spiro atoms. The molecule has 174 valence electrons. The molecular formula is C26H25BrN4O3. The van der Waals surface area contributed by atoms with Crippen LogP contribution in [0.25, 0.3) is 21.8 Å². The lowest BCUT2D eigenvalue weighted by Gasteiger charge is -2.08. The highest BCUT2D eigenvalue weighted by Crippen LogP contribution is 2.31. The second-order valence-corrected chi connectivity index (χ2v) is 8.76. The highest BCUT2D eigenvalue weighted by molar-refractivity contribution is 9.10. The number of nitrogens with one attached hydrogen (secondary N) is 2. The van der Waals surface area contributed by atoms with Gasteiger partial charge in [0.15, 0.2) is 6.61 Å². The molecule has 4 rings (SSSR count). The third-order valence-corrected chi connectivity index (χ3v) is 5.87. The fourth-order valence-corrected chi connectivity index (χ4v) is 4.08. The molecule has 1 heterocycles. The largest absolute Gasteiger partial charge is 0.484 e. The summed E-state index contributed by atoms with van der Waals surface area (Å²) in [5.74, 6) is -0.0295. The molecule has 0 unspecified atom stereocenters. The lowest BCUT2D eigenvalue weighted by molar-refractivity contribution is -0.123. The molecule has 0 bridgehead atoms. The van der Waals surface area contributed by atoms with E-state index in [4.69, 9.17) is 4.74 Å². The molecule has 8 heteroatoms. The number of rotatable bonds is 8. The van der Waals surface area contributed by atoms with Crippen LogP contribution in [0.15, 0.2) is 76.3 Å². The van der Waals surface area contributed by atoms with Crippen LogP contribution >= 0.6 is 15.9 Å². The number of aromatic nitrogens is 1. The number of carbonyl (C=O) groups is 2. The molecule has 0 aliphatic heterocycles. The van der Waals surface area contributed by atoms with Crippen molar-refractivity contribution >= 4 is 60.9 Å². The van der Waals surface area contributed by atoms with Crippen molar-refractivity contribution in [2.45, 2.75) is 26.8 Å². The summed E-state index contributed by atoms with van der Waals surface area (Å²) in [6.45, 7) is 4.50. The van der Waals surface area contributed by atoms with Gasteiger partial charge in [-0.1, -0.05) is 34.1 Å². The summed E-state index contributed by atoms with van der Waals surface area (Å²) in [4.78, 5) is 24.5. The number of carbonyl (C=O) groups excluding carboxylic acids is 2. The number of halogens is 1. The van der Waals surface area contributed by atoms with Gasteiger partial charge < -0.3 is 14.6 Å². The maximum atomic E-state index is 12.5. The van der Waals surface area contributed by atoms with E-state index in [0.29, 0.717) is 11.5 Å². The van der Waals surface area contributed by atoms with Crippen molar-refractivity contribution in [2.75, 3.05) is 11.9 Å². The molecule has 34 heavy (non-hydrogen) atoms. The van der Waals surface area contributed by atoms with Crippen molar-refractivity contribution in [3.05, 3.63) is 71.2 Å². The molecule has 0 aliphatic rings. The number of aryl methyl sites for hydroxylation is 1. The zero-order chi connectivity index (χ0) is 24.1. The fourth-order valence-electron chi connectivity index (χ4n) is 3.82. The van der Waals surface area contributed by atoms with E-state index in [2.05, 4.69) is 55.4 Å². The molecule has 4 aromatic rings. The molecule has 0 atom stereocenters. The lowest BCUT2D eigenvalue weighted by Crippen LogP contribution is -2.26. The van der Waals surface area contributed by atoms with Crippen LogP contribution < -0.4 is 15.5 Å². The van der Waals surface area contributed by atoms with Crippen molar-refractivity contribution in [1.29, 1.82) is 0 Å². The number of benzene rings is 3. The number of amides is 2. The van der Waals surface area contributed by atoms with Gasteiger partial charge in [-0.15, -0.1) is 0 Å². The lowest BCUT2D eigenvalue weighted by atomic mass is 10.1. The Labute approximate surface area is 205 Å². The Kier molecular flexibility index (Phi) is 7.27. The SMILES string of the molecule is CCn1c2ccccc2c2cc(NC(=O)CC(C)=NNC(=O)COc3ccc(Br)cc3)ccc21. The van der Waals surface area contributed by atoms with E-state index < -0.39 is 5.91 Å². The normalized spacial score (nSPS) is 11.6. The second-order valence-electron chi connectivity index (χ2n) is 7.84. The molecule has 0 aliphatic carbocycles. The van der Waals surface area contributed by atoms with E-state index in [1.54, 1.807) is 19.1 Å². The van der Waals surface area contributed by atoms with E-state index in [-0.39, 0.29) is 18.9 Å². The number of hydrazone groups is 1. The number of para-hydroxylation sites is 1. The van der Waals surface area contributed by atoms with Gasteiger partial charge in [-0.25, -0.2) is 5.43 Å². The van der Waals surface area contributed by atoms with Crippen LogP contribution in [0, 0.1) is 0 Å². The highest BCUT2D eigenvalue weighted by atomic mass is 79.9. The van der Waals surface area contributed by atoms with Crippen LogP contribution in [0.1, 0.15) is 20.3 Å². The van der Waals surface area contributed by atoms with Crippen LogP contribution in [0.5, 0.6) is 5.75 Å². The van der Waals surface area contributed by atoms with Gasteiger partial charge in [0.1, 0.15) is 5.75 Å². The zero-order valence-electron chi connectivity index (χ0n) is 19.0. The first-order chi connectivity index (χ1) is 16.4. The first-order valence-corrected chi connectivity index (χ1v) is 11.7. The van der Waals surface area contributed by atoms with E-state index in [9.17, 15) is 9.59 Å². The molecule has 0 saturated carbocycles. The third-order valence-electron chi connectivity index (χ3n) is 5.34. The minimum atomic E-state index is -0.402. The maximum Gasteiger partial charge on any atom is 0.277 e. The minimum absolute atomic E-state index is 0.0581. The molecule has 2 N–H and O–H groups in total. The molecule has 0 fully saturated rings. The predicted octanol–water partition coefficient (Wildman–Crippen LogP) is 5.48. The number of hydrogen-bond acceptors (Lipinski definition) is 4. The van der Waals surface area contributed by atoms with Crippen LogP contribution in [0.4, 0.5) is 5.69 Å². The Balaban J connectivity index is 1.34. The summed E-state index contributed by atoms with van der Waals surface area (Å²) in [6, 6.07) is 21.3. The molecule has 7 nitrogen and oxygen atoms in total. The quantitative estimate of drug-likeness (QED) is 0.238. The van der Waals surface area contributed by atoms with Crippen LogP contribution in [-0.2, 0) is 16.1 Å². The van der Waals surface area contributed by atoms with Gasteiger partial charge in [-0.2, -0.15) is 5.10 Å². The Morgan fingerprint density at radius 2 is 1.71 bits per heavy atom. The molecule has 2 amide bonds. The number of hydrogen-bond donors (Lipinski definition) is 2. The van der Waals surface area contributed by atoms with Crippen molar-refractivity contribution in [3.8, 4) is 5.75 Å². The molecular weight excluding hydrogens is 496 g/mol. The van der Waals surface area contributed by atoms with Crippen LogP contribution in [0.3, 0.4) is 0 Å². The third kappa shape index (κ3) is 5.46. The Bertz CT molecular complexity index is 1380. The van der Waals surface area contributed by atoms with Gasteiger partial charge in [-0.05, 0) is 62.4 Å². The summed E-state index contributed by atoms with van der Waals surface area (Å²) in [5.41, 5.74) is 5.93. The van der Waals surface area contributed by atoms with Gasteiger partial charge in [0.2, 0.25) is 5.91 Å². The topological polar surface area (TPSA) is 84.7 Å². The van der Waals surface area contributed by atoms with E-state index >= 15 is 0 Å². The van der Waals surface area contributed by atoms with Gasteiger partial charge in [0.05, 0.1) is 6.42 Å². The molecule has 0 saturated heterocycles. The molecule has 1 aromatic heterocycles. The monoisotopic (exact) mass is 520 g/mol. The molecule has 3 aromatic carbocycles. The first-order valence-electron chi connectivity index (χ1n) is 11.0. The number of anilines is 1. The maximum absolute atomic E-state index is 12.5. The van der Waals surface area contributed by atoms with Crippen molar-refractivity contribution in [2.24, 2.45) is 5.10 Å². The summed E-state index contributed by atoms with van der Waals surface area (Å²) in [5, 5.41) is 9.18. The fraction of sp³-hybridized carbons (Fsp3) is 0.192. The average Bonchev–Trinajstić information content (AvgIpc) is 3.15. The Morgan fingerprint density at radius 1 is 0.971 bits per heavy atom. The standard InChI is InChI=1S/C26H25BrN4O3/c1-3-31-23-7-5-4-6-21(23)22-15-19(10-13-24(22)31)28-25(32)14-17(2)29-30-26(33)16-34-20-11-8-18(27)9-12-20/h4-13,15H,3,14,16H2,1-2H3,(H,28,32)(H,30,33). The highest BCUT2D eigenvalue weighted by Gasteiger charge is 2.11. The van der Waals surface area contributed by atoms with Gasteiger partial charge in [-0.3, -0.25) is 9.59 Å². The Hall–Kier alpha value is -3.65. The number of ether oxygens (including phenoxy) is 1. The smallest absolute Gasteiger partial charge is 0.277 e. The molecule has 0 radical (unpaired) electrons. The first kappa shape index (κ1) is 23.5. The number of nitrogens with zero attached hydrogens (tertiary/aromatic N) is 2. The number of fused-ring (bicyclic) bond motifs is 3. The van der Waals surface area contributed by atoms with E-state index in [1.165, 1.54) is 5.52 Å². The average molecular weight is 521 g/mol. The van der Waals surface area contributed by atoms with Gasteiger partial charge in [0, 0.05) is 44.2 Å². The van der Waals surface area contributed by atoms with Crippen LogP contribution in [-0.4, -0.2) is 28.7 Å². The second kappa shape index (κ2) is 10.5. The Morgan fingerprint density at radius 3 is 2.47 bits per heavy atom. The van der Waals surface area contributed by atoms with Crippen LogP contribution in [0.2, 0.25) is 0 Å². The predicted molar refractivity (Wildman–Crippen MR) is 139 cm³/mol. The van der Waals surface area contributed by atoms with Crippen molar-refractivity contribution < 1.29 is 14.3 Å². The van der Waals surface area contributed by atoms with Gasteiger partial charge in [0.25, 0.3) is 5.91 Å². The summed E-state index contributed by atoms with van der Waals surface area (Å²) in [6.07, 6.45) is 0.0581. The van der Waals surface area contributed by atoms with E-state index in [1.807, 2.05) is 42.5 Å². The van der Waals surface area contributed by atoms with Crippen molar-refractivity contribution in [1.82, 2.24) is 9.99 Å². The van der Waals surface area contributed by atoms with E-state index in [0.717, 1.165) is 33.0 Å². The zero-order valence-corrected chi connectivity index (χ0v) is 20.6. The summed E-state index contributed by atoms with van der Waals surface area (Å²) in [7, 11) is 0. The van der Waals surface area contributed by atoms with Gasteiger partial charge >= 0.3 is 0 Å².